The van der Waals surface area contributed by atoms with Crippen LogP contribution in [0.15, 0.2) is 36.5 Å². The van der Waals surface area contributed by atoms with Gasteiger partial charge in [-0.15, -0.1) is 0 Å². The number of ether oxygens (including phenoxy) is 3. The number of rotatable bonds is 6. The first kappa shape index (κ1) is 15.1. The molecule has 2 N–H and O–H groups in total. The van der Waals surface area contributed by atoms with Crippen molar-refractivity contribution in [3.8, 4) is 17.2 Å². The molecule has 21 heavy (non-hydrogen) atoms. The second-order valence-corrected chi connectivity index (χ2v) is 4.64. The number of hydrogen-bond acceptors (Lipinski definition) is 5. The van der Waals surface area contributed by atoms with Crippen molar-refractivity contribution >= 4 is 0 Å². The van der Waals surface area contributed by atoms with E-state index in [0.717, 1.165) is 11.3 Å². The van der Waals surface area contributed by atoms with Crippen LogP contribution in [0.4, 0.5) is 0 Å². The van der Waals surface area contributed by atoms with Gasteiger partial charge in [-0.2, -0.15) is 0 Å². The van der Waals surface area contributed by atoms with Crippen molar-refractivity contribution in [2.24, 2.45) is 5.73 Å². The summed E-state index contributed by atoms with van der Waals surface area (Å²) in [5.41, 5.74) is 7.57. The molecule has 1 unspecified atom stereocenters. The lowest BCUT2D eigenvalue weighted by molar-refractivity contribution is 0.284. The van der Waals surface area contributed by atoms with Crippen molar-refractivity contribution in [3.05, 3.63) is 47.8 Å². The summed E-state index contributed by atoms with van der Waals surface area (Å²) in [5.74, 6) is 1.98. The monoisotopic (exact) mass is 288 g/mol. The Morgan fingerprint density at radius 3 is 2.38 bits per heavy atom. The fourth-order valence-corrected chi connectivity index (χ4v) is 1.97. The average molecular weight is 288 g/mol. The second-order valence-electron chi connectivity index (χ2n) is 4.64. The highest BCUT2D eigenvalue weighted by molar-refractivity contribution is 5.42. The van der Waals surface area contributed by atoms with Crippen molar-refractivity contribution < 1.29 is 14.2 Å². The van der Waals surface area contributed by atoms with Gasteiger partial charge >= 0.3 is 0 Å². The molecular formula is C16H20N2O3. The topological polar surface area (TPSA) is 66.6 Å². The largest absolute Gasteiger partial charge is 0.493 e. The highest BCUT2D eigenvalue weighted by atomic mass is 16.5. The van der Waals surface area contributed by atoms with Crippen LogP contribution >= 0.6 is 0 Å². The predicted molar refractivity (Wildman–Crippen MR) is 80.7 cm³/mol. The summed E-state index contributed by atoms with van der Waals surface area (Å²) in [6.07, 6.45) is 1.67. The minimum absolute atomic E-state index is 0.0131. The molecule has 0 aliphatic carbocycles. The fraction of sp³-hybridized carbons (Fsp3) is 0.312. The van der Waals surface area contributed by atoms with Gasteiger partial charge in [0.1, 0.15) is 18.1 Å². The number of hydrogen-bond donors (Lipinski definition) is 1. The van der Waals surface area contributed by atoms with Crippen LogP contribution in [0.25, 0.3) is 0 Å². The van der Waals surface area contributed by atoms with Gasteiger partial charge in [0.25, 0.3) is 0 Å². The van der Waals surface area contributed by atoms with Gasteiger partial charge in [-0.05, 0) is 24.6 Å². The first-order valence-electron chi connectivity index (χ1n) is 6.70. The zero-order valence-corrected chi connectivity index (χ0v) is 12.5. The Morgan fingerprint density at radius 1 is 1.10 bits per heavy atom. The molecule has 0 amide bonds. The van der Waals surface area contributed by atoms with E-state index in [1.807, 2.05) is 31.2 Å². The number of aromatic nitrogens is 1. The Balaban J connectivity index is 2.09. The summed E-state index contributed by atoms with van der Waals surface area (Å²) in [6.45, 7) is 2.25. The van der Waals surface area contributed by atoms with Crippen LogP contribution in [0.1, 0.15) is 24.2 Å². The first-order valence-corrected chi connectivity index (χ1v) is 6.70. The normalized spacial score (nSPS) is 11.8. The van der Waals surface area contributed by atoms with Crippen molar-refractivity contribution in [1.82, 2.24) is 4.98 Å². The number of nitrogens with zero attached hydrogens (tertiary/aromatic N) is 1. The molecule has 0 fully saturated rings. The molecule has 1 aromatic heterocycles. The maximum absolute atomic E-state index is 5.82. The summed E-state index contributed by atoms with van der Waals surface area (Å²) in [4.78, 5) is 4.27. The second kappa shape index (κ2) is 6.95. The van der Waals surface area contributed by atoms with Crippen molar-refractivity contribution in [3.63, 3.8) is 0 Å². The van der Waals surface area contributed by atoms with Gasteiger partial charge < -0.3 is 19.9 Å². The summed E-state index contributed by atoms with van der Waals surface area (Å²) >= 11 is 0. The molecule has 1 atom stereocenters. The number of methoxy groups -OCH3 is 2. The van der Waals surface area contributed by atoms with Crippen molar-refractivity contribution in [1.29, 1.82) is 0 Å². The highest BCUT2D eigenvalue weighted by Crippen LogP contribution is 2.29. The Kier molecular flexibility index (Phi) is 5.00. The Bertz CT molecular complexity index is 583. The van der Waals surface area contributed by atoms with Gasteiger partial charge in [0, 0.05) is 18.3 Å². The summed E-state index contributed by atoms with van der Waals surface area (Å²) in [5, 5.41) is 0. The molecule has 0 aliphatic heterocycles. The van der Waals surface area contributed by atoms with E-state index in [-0.39, 0.29) is 6.04 Å². The molecule has 0 spiro atoms. The van der Waals surface area contributed by atoms with Crippen LogP contribution in [0, 0.1) is 0 Å². The maximum atomic E-state index is 5.82. The minimum atomic E-state index is 0.0131. The van der Waals surface area contributed by atoms with Gasteiger partial charge in [-0.25, -0.2) is 0 Å². The van der Waals surface area contributed by atoms with E-state index < -0.39 is 0 Å². The summed E-state index contributed by atoms with van der Waals surface area (Å²) in [6, 6.07) is 9.46. The number of pyridine rings is 1. The van der Waals surface area contributed by atoms with Crippen molar-refractivity contribution in [2.45, 2.75) is 19.6 Å². The molecule has 0 aliphatic rings. The Hall–Kier alpha value is -2.27. The molecule has 2 rings (SSSR count). The van der Waals surface area contributed by atoms with Crippen LogP contribution in [-0.4, -0.2) is 19.2 Å². The standard InChI is InChI=1S/C16H20N2O3/c1-11(17)12-4-6-13(7-5-12)21-10-14-16(20-3)15(19-2)8-9-18-14/h4-9,11H,10,17H2,1-3H3. The molecular weight excluding hydrogens is 268 g/mol. The zero-order valence-electron chi connectivity index (χ0n) is 12.5. The molecule has 0 bridgehead atoms. The molecule has 0 saturated heterocycles. The van der Waals surface area contributed by atoms with Gasteiger partial charge in [-0.3, -0.25) is 4.98 Å². The Labute approximate surface area is 124 Å². The molecule has 0 radical (unpaired) electrons. The molecule has 1 heterocycles. The summed E-state index contributed by atoms with van der Waals surface area (Å²) < 4.78 is 16.3. The molecule has 2 aromatic rings. The molecule has 0 saturated carbocycles. The fourth-order valence-electron chi connectivity index (χ4n) is 1.97. The highest BCUT2D eigenvalue weighted by Gasteiger charge is 2.11. The molecule has 112 valence electrons. The lowest BCUT2D eigenvalue weighted by Gasteiger charge is -2.13. The average Bonchev–Trinajstić information content (AvgIpc) is 2.52. The lowest BCUT2D eigenvalue weighted by atomic mass is 10.1. The quantitative estimate of drug-likeness (QED) is 0.885. The van der Waals surface area contributed by atoms with Crippen LogP contribution in [-0.2, 0) is 6.61 Å². The van der Waals surface area contributed by atoms with Crippen molar-refractivity contribution in [2.75, 3.05) is 14.2 Å². The third-order valence-electron chi connectivity index (χ3n) is 3.15. The van der Waals surface area contributed by atoms with E-state index in [2.05, 4.69) is 4.98 Å². The van der Waals surface area contributed by atoms with E-state index in [1.165, 1.54) is 0 Å². The van der Waals surface area contributed by atoms with E-state index >= 15 is 0 Å². The third kappa shape index (κ3) is 3.64. The van der Waals surface area contributed by atoms with E-state index in [4.69, 9.17) is 19.9 Å². The van der Waals surface area contributed by atoms with Crippen LogP contribution < -0.4 is 19.9 Å². The maximum Gasteiger partial charge on any atom is 0.185 e. The van der Waals surface area contributed by atoms with Crippen LogP contribution in [0.5, 0.6) is 17.2 Å². The summed E-state index contributed by atoms with van der Waals surface area (Å²) in [7, 11) is 3.18. The van der Waals surface area contributed by atoms with E-state index in [1.54, 1.807) is 26.5 Å². The lowest BCUT2D eigenvalue weighted by Crippen LogP contribution is -2.05. The smallest absolute Gasteiger partial charge is 0.185 e. The number of benzene rings is 1. The zero-order chi connectivity index (χ0) is 15.2. The molecule has 1 aromatic carbocycles. The Morgan fingerprint density at radius 2 is 1.81 bits per heavy atom. The number of nitrogens with two attached hydrogens (primary N) is 1. The van der Waals surface area contributed by atoms with Crippen LogP contribution in [0.2, 0.25) is 0 Å². The van der Waals surface area contributed by atoms with Gasteiger partial charge in [0.2, 0.25) is 0 Å². The molecule has 5 nitrogen and oxygen atoms in total. The van der Waals surface area contributed by atoms with Gasteiger partial charge in [-0.1, -0.05) is 12.1 Å². The first-order chi connectivity index (χ1) is 10.2. The van der Waals surface area contributed by atoms with Crippen LogP contribution in [0.3, 0.4) is 0 Å². The van der Waals surface area contributed by atoms with Gasteiger partial charge in [0.15, 0.2) is 11.5 Å². The SMILES string of the molecule is COc1ccnc(COc2ccc(C(C)N)cc2)c1OC. The molecule has 5 heteroatoms. The minimum Gasteiger partial charge on any atom is -0.493 e. The van der Waals surface area contributed by atoms with E-state index in [9.17, 15) is 0 Å². The van der Waals surface area contributed by atoms with E-state index in [0.29, 0.717) is 23.8 Å². The predicted octanol–water partition coefficient (Wildman–Crippen LogP) is 2.70. The van der Waals surface area contributed by atoms with Gasteiger partial charge in [0.05, 0.1) is 14.2 Å². The third-order valence-corrected chi connectivity index (χ3v) is 3.15.